The molecule has 1 atom stereocenters. The number of likely N-dealkylation sites (tertiary alicyclic amines) is 1. The summed E-state index contributed by atoms with van der Waals surface area (Å²) in [7, 11) is 0. The number of hydrogen-bond donors (Lipinski definition) is 0. The lowest BCUT2D eigenvalue weighted by Gasteiger charge is -2.31. The summed E-state index contributed by atoms with van der Waals surface area (Å²) >= 11 is 0. The van der Waals surface area contributed by atoms with Crippen molar-refractivity contribution in [3.05, 3.63) is 84.1 Å². The molecule has 7 rings (SSSR count). The topological polar surface area (TPSA) is 59.9 Å². The zero-order valence-electron chi connectivity index (χ0n) is 19.7. The third-order valence-electron chi connectivity index (χ3n) is 7.36. The molecule has 2 aromatic carbocycles. The highest BCUT2D eigenvalue weighted by Gasteiger charge is 2.35. The lowest BCUT2D eigenvalue weighted by molar-refractivity contribution is 0.0831. The summed E-state index contributed by atoms with van der Waals surface area (Å²) in [6.45, 7) is 11.4. The second kappa shape index (κ2) is 8.11. The summed E-state index contributed by atoms with van der Waals surface area (Å²) < 4.78 is 10.00. The van der Waals surface area contributed by atoms with Crippen molar-refractivity contribution < 1.29 is 9.53 Å². The molecule has 0 unspecified atom stereocenters. The minimum Gasteiger partial charge on any atom is -0.443 e. The fourth-order valence-corrected chi connectivity index (χ4v) is 5.37. The first kappa shape index (κ1) is 21.0. The van der Waals surface area contributed by atoms with Gasteiger partial charge in [0.25, 0.3) is 0 Å². The zero-order chi connectivity index (χ0) is 24.2. The molecular weight excluding hydrogens is 452 g/mol. The van der Waals surface area contributed by atoms with Crippen LogP contribution in [0.1, 0.15) is 12.0 Å². The van der Waals surface area contributed by atoms with E-state index in [-0.39, 0.29) is 12.2 Å². The van der Waals surface area contributed by atoms with Gasteiger partial charge in [-0.05, 0) is 54.9 Å². The molecule has 0 bridgehead atoms. The molecule has 0 aliphatic carbocycles. The van der Waals surface area contributed by atoms with Crippen molar-refractivity contribution in [3.8, 4) is 28.3 Å². The van der Waals surface area contributed by atoms with Gasteiger partial charge in [-0.25, -0.2) is 14.6 Å². The maximum absolute atomic E-state index is 12.7. The predicted molar refractivity (Wildman–Crippen MR) is 136 cm³/mol. The Morgan fingerprint density at radius 1 is 1.08 bits per heavy atom. The molecule has 4 aromatic rings. The monoisotopic (exact) mass is 476 g/mol. The van der Waals surface area contributed by atoms with E-state index in [1.54, 1.807) is 4.90 Å². The number of aromatic nitrogens is 3. The number of imidazole rings is 1. The lowest BCUT2D eigenvalue weighted by Crippen LogP contribution is -2.43. The van der Waals surface area contributed by atoms with Crippen LogP contribution in [0.4, 0.5) is 16.2 Å². The van der Waals surface area contributed by atoms with Gasteiger partial charge in [0, 0.05) is 42.9 Å². The van der Waals surface area contributed by atoms with E-state index in [4.69, 9.17) is 11.3 Å². The average molecular weight is 477 g/mol. The summed E-state index contributed by atoms with van der Waals surface area (Å²) in [6, 6.07) is 16.0. The number of anilines is 1. The summed E-state index contributed by atoms with van der Waals surface area (Å²) in [4.78, 5) is 25.0. The molecule has 5 heterocycles. The molecule has 0 saturated carbocycles. The Bertz CT molecular complexity index is 1520. The Hall–Kier alpha value is -4.35. The SMILES string of the molecule is [C-]#[N+]c1ccc(-c2cc3n(c2)Cc2cc(N4C[C@@H](CN5CCC5)OC4=O)ccc2-n2ccnc2-3)cc1. The van der Waals surface area contributed by atoms with Crippen molar-refractivity contribution in [2.24, 2.45) is 0 Å². The summed E-state index contributed by atoms with van der Waals surface area (Å²) in [6.07, 6.45) is 6.79. The third kappa shape index (κ3) is 3.40. The number of carbonyl (C=O) groups excluding carboxylic acids is 1. The van der Waals surface area contributed by atoms with Gasteiger partial charge in [0.2, 0.25) is 0 Å². The maximum atomic E-state index is 12.7. The van der Waals surface area contributed by atoms with E-state index in [1.165, 1.54) is 6.42 Å². The largest absolute Gasteiger partial charge is 0.443 e. The highest BCUT2D eigenvalue weighted by molar-refractivity contribution is 5.90. The third-order valence-corrected chi connectivity index (χ3v) is 7.36. The molecule has 2 aromatic heterocycles. The average Bonchev–Trinajstić information content (AvgIpc) is 3.58. The molecular formula is C28H24N6O2. The maximum Gasteiger partial charge on any atom is 0.414 e. The van der Waals surface area contributed by atoms with Crippen LogP contribution in [-0.4, -0.2) is 57.4 Å². The van der Waals surface area contributed by atoms with Gasteiger partial charge in [0.1, 0.15) is 6.10 Å². The molecule has 0 N–H and O–H groups in total. The quantitative estimate of drug-likeness (QED) is 0.345. The number of fused-ring (bicyclic) bond motifs is 5. The number of carbonyl (C=O) groups is 1. The second-order valence-electron chi connectivity index (χ2n) is 9.60. The number of cyclic esters (lactones) is 1. The minimum atomic E-state index is -0.274. The smallest absolute Gasteiger partial charge is 0.414 e. The molecule has 2 fully saturated rings. The molecule has 36 heavy (non-hydrogen) atoms. The number of benzene rings is 2. The summed E-state index contributed by atoms with van der Waals surface area (Å²) in [5.41, 5.74) is 6.81. The van der Waals surface area contributed by atoms with E-state index in [0.717, 1.165) is 59.2 Å². The van der Waals surface area contributed by atoms with Gasteiger partial charge in [0.05, 0.1) is 24.5 Å². The molecule has 0 spiro atoms. The second-order valence-corrected chi connectivity index (χ2v) is 9.60. The van der Waals surface area contributed by atoms with Crippen molar-refractivity contribution in [2.45, 2.75) is 19.1 Å². The zero-order valence-corrected chi connectivity index (χ0v) is 19.7. The predicted octanol–water partition coefficient (Wildman–Crippen LogP) is 4.95. The van der Waals surface area contributed by atoms with E-state index >= 15 is 0 Å². The Labute approximate surface area is 208 Å². The van der Waals surface area contributed by atoms with E-state index in [1.807, 2.05) is 42.7 Å². The summed E-state index contributed by atoms with van der Waals surface area (Å²) in [5.74, 6) is 0.876. The number of hydrogen-bond acceptors (Lipinski definition) is 4. The van der Waals surface area contributed by atoms with Crippen LogP contribution in [0.15, 0.2) is 67.1 Å². The fourth-order valence-electron chi connectivity index (χ4n) is 5.37. The van der Waals surface area contributed by atoms with E-state index in [9.17, 15) is 4.79 Å². The van der Waals surface area contributed by atoms with Crippen LogP contribution in [0.5, 0.6) is 0 Å². The van der Waals surface area contributed by atoms with Gasteiger partial charge in [-0.3, -0.25) is 14.4 Å². The molecule has 8 heteroatoms. The number of amides is 1. The van der Waals surface area contributed by atoms with E-state index in [0.29, 0.717) is 18.8 Å². The van der Waals surface area contributed by atoms with Crippen molar-refractivity contribution >= 4 is 17.5 Å². The van der Waals surface area contributed by atoms with Crippen molar-refractivity contribution in [1.82, 2.24) is 19.0 Å². The van der Waals surface area contributed by atoms with Crippen LogP contribution in [0.3, 0.4) is 0 Å². The van der Waals surface area contributed by atoms with Crippen LogP contribution in [0, 0.1) is 6.57 Å². The van der Waals surface area contributed by atoms with Gasteiger partial charge in [-0.1, -0.05) is 24.3 Å². The van der Waals surface area contributed by atoms with Crippen molar-refractivity contribution in [2.75, 3.05) is 31.1 Å². The highest BCUT2D eigenvalue weighted by atomic mass is 16.6. The number of nitrogens with zero attached hydrogens (tertiary/aromatic N) is 6. The highest BCUT2D eigenvalue weighted by Crippen LogP contribution is 2.36. The van der Waals surface area contributed by atoms with Gasteiger partial charge in [-0.2, -0.15) is 0 Å². The van der Waals surface area contributed by atoms with Gasteiger partial charge in [-0.15, -0.1) is 0 Å². The van der Waals surface area contributed by atoms with Gasteiger partial charge < -0.3 is 9.30 Å². The van der Waals surface area contributed by atoms with Crippen molar-refractivity contribution in [1.29, 1.82) is 0 Å². The summed E-state index contributed by atoms with van der Waals surface area (Å²) in [5, 5.41) is 0. The van der Waals surface area contributed by atoms with Crippen LogP contribution in [0.2, 0.25) is 0 Å². The van der Waals surface area contributed by atoms with Gasteiger partial charge in [0.15, 0.2) is 11.5 Å². The molecule has 0 radical (unpaired) electrons. The first-order valence-electron chi connectivity index (χ1n) is 12.2. The van der Waals surface area contributed by atoms with Crippen LogP contribution < -0.4 is 4.90 Å². The van der Waals surface area contributed by atoms with Crippen molar-refractivity contribution in [3.63, 3.8) is 0 Å². The van der Waals surface area contributed by atoms with Gasteiger partial charge >= 0.3 is 6.09 Å². The Morgan fingerprint density at radius 2 is 1.94 bits per heavy atom. The van der Waals surface area contributed by atoms with E-state index in [2.05, 4.69) is 48.3 Å². The lowest BCUT2D eigenvalue weighted by atomic mass is 10.1. The first-order valence-corrected chi connectivity index (χ1v) is 12.2. The minimum absolute atomic E-state index is 0.0929. The Kier molecular flexibility index (Phi) is 4.72. The molecule has 3 aliphatic heterocycles. The van der Waals surface area contributed by atoms with Crippen LogP contribution in [-0.2, 0) is 11.3 Å². The standard InChI is InChI=1S/C28H24N6O2/c1-29-22-5-3-19(4-6-22)20-14-26-27-30-9-12-33(27)25-8-7-23(13-21(25)16-32(26)15-20)34-18-24(36-28(34)35)17-31-10-2-11-31/h3-9,12-15,24H,2,10-11,16-18H2/t24-/m1/s1. The normalized spacial score (nSPS) is 18.5. The van der Waals surface area contributed by atoms with Crippen LogP contribution in [0.25, 0.3) is 33.2 Å². The molecule has 3 aliphatic rings. The molecule has 2 saturated heterocycles. The molecule has 178 valence electrons. The fraction of sp³-hybridized carbons (Fsp3) is 0.250. The molecule has 1 amide bonds. The Morgan fingerprint density at radius 3 is 2.72 bits per heavy atom. The Balaban J connectivity index is 1.23. The first-order chi connectivity index (χ1) is 17.7. The van der Waals surface area contributed by atoms with Crippen LogP contribution >= 0.6 is 0 Å². The van der Waals surface area contributed by atoms with E-state index < -0.39 is 0 Å². The number of rotatable bonds is 4. The number of ether oxygens (including phenoxy) is 1. The molecule has 8 nitrogen and oxygen atoms in total.